The van der Waals surface area contributed by atoms with Gasteiger partial charge in [0.05, 0.1) is 6.10 Å². The predicted octanol–water partition coefficient (Wildman–Crippen LogP) is 4.88. The zero-order chi connectivity index (χ0) is 14.1. The molecule has 0 aromatic heterocycles. The van der Waals surface area contributed by atoms with Crippen LogP contribution in [0.5, 0.6) is 0 Å². The van der Waals surface area contributed by atoms with Gasteiger partial charge in [-0.25, -0.2) is 0 Å². The molecule has 1 saturated carbocycles. The van der Waals surface area contributed by atoms with E-state index in [0.717, 1.165) is 18.8 Å². The molecule has 0 heterocycles. The zero-order valence-electron chi connectivity index (χ0n) is 13.6. The van der Waals surface area contributed by atoms with Crippen LogP contribution in [0.1, 0.15) is 74.1 Å². The standard InChI is InChI=1S/C17H34O/c1-8-16(4,5)13-10-12(3)11-14(15(13)18)17(6,7)9-2/h12-15,18H,8-11H2,1-7H3. The SMILES string of the molecule is CCC(C)(C)C1CC(C)CC(C(C)(C)CC)C1O. The summed E-state index contributed by atoms with van der Waals surface area (Å²) < 4.78 is 0. The first-order chi connectivity index (χ1) is 8.15. The van der Waals surface area contributed by atoms with Crippen molar-refractivity contribution in [1.29, 1.82) is 0 Å². The van der Waals surface area contributed by atoms with Crippen molar-refractivity contribution < 1.29 is 5.11 Å². The largest absolute Gasteiger partial charge is 0.393 e. The Kier molecular flexibility index (Phi) is 4.92. The number of rotatable bonds is 4. The van der Waals surface area contributed by atoms with E-state index in [2.05, 4.69) is 48.5 Å². The van der Waals surface area contributed by atoms with E-state index >= 15 is 0 Å². The van der Waals surface area contributed by atoms with E-state index in [9.17, 15) is 5.11 Å². The summed E-state index contributed by atoms with van der Waals surface area (Å²) >= 11 is 0. The first-order valence-electron chi connectivity index (χ1n) is 7.83. The smallest absolute Gasteiger partial charge is 0.0606 e. The van der Waals surface area contributed by atoms with E-state index in [4.69, 9.17) is 0 Å². The van der Waals surface area contributed by atoms with Crippen molar-refractivity contribution in [3.63, 3.8) is 0 Å². The van der Waals surface area contributed by atoms with Crippen LogP contribution in [0.4, 0.5) is 0 Å². The summed E-state index contributed by atoms with van der Waals surface area (Å²) in [5, 5.41) is 10.9. The van der Waals surface area contributed by atoms with Gasteiger partial charge in [-0.15, -0.1) is 0 Å². The lowest BCUT2D eigenvalue weighted by Gasteiger charge is -2.50. The Labute approximate surface area is 114 Å². The Hall–Kier alpha value is -0.0400. The minimum Gasteiger partial charge on any atom is -0.393 e. The van der Waals surface area contributed by atoms with Gasteiger partial charge < -0.3 is 5.11 Å². The normalized spacial score (nSPS) is 34.7. The van der Waals surface area contributed by atoms with Gasteiger partial charge in [0.25, 0.3) is 0 Å². The van der Waals surface area contributed by atoms with Crippen LogP contribution in [0.15, 0.2) is 0 Å². The molecule has 0 radical (unpaired) electrons. The molecule has 0 spiro atoms. The Morgan fingerprint density at radius 1 is 0.889 bits per heavy atom. The highest BCUT2D eigenvalue weighted by atomic mass is 16.3. The lowest BCUT2D eigenvalue weighted by molar-refractivity contribution is -0.0907. The second-order valence-corrected chi connectivity index (χ2v) is 7.96. The second kappa shape index (κ2) is 5.53. The van der Waals surface area contributed by atoms with E-state index in [1.54, 1.807) is 0 Å². The van der Waals surface area contributed by atoms with Gasteiger partial charge in [-0.1, -0.05) is 61.3 Å². The third kappa shape index (κ3) is 3.10. The van der Waals surface area contributed by atoms with Crippen LogP contribution in [-0.4, -0.2) is 11.2 Å². The number of hydrogen-bond acceptors (Lipinski definition) is 1. The van der Waals surface area contributed by atoms with Crippen molar-refractivity contribution in [3.8, 4) is 0 Å². The summed E-state index contributed by atoms with van der Waals surface area (Å²) in [4.78, 5) is 0. The average Bonchev–Trinajstić information content (AvgIpc) is 2.31. The second-order valence-electron chi connectivity index (χ2n) is 7.96. The molecule has 1 fully saturated rings. The average molecular weight is 254 g/mol. The number of aliphatic hydroxyl groups is 1. The molecular formula is C17H34O. The monoisotopic (exact) mass is 254 g/mol. The van der Waals surface area contributed by atoms with E-state index in [1.165, 1.54) is 12.8 Å². The molecule has 1 rings (SSSR count). The fourth-order valence-electron chi connectivity index (χ4n) is 3.61. The van der Waals surface area contributed by atoms with Crippen molar-refractivity contribution in [3.05, 3.63) is 0 Å². The minimum atomic E-state index is -0.119. The summed E-state index contributed by atoms with van der Waals surface area (Å²) in [7, 11) is 0. The summed E-state index contributed by atoms with van der Waals surface area (Å²) in [5.74, 6) is 1.67. The molecule has 1 heteroatoms. The van der Waals surface area contributed by atoms with E-state index in [-0.39, 0.29) is 16.9 Å². The molecule has 0 bridgehead atoms. The third-order valence-corrected chi connectivity index (χ3v) is 5.97. The van der Waals surface area contributed by atoms with Crippen LogP contribution < -0.4 is 0 Å². The summed E-state index contributed by atoms with van der Waals surface area (Å²) in [6.45, 7) is 16.2. The maximum Gasteiger partial charge on any atom is 0.0606 e. The molecule has 1 aliphatic rings. The highest BCUT2D eigenvalue weighted by Gasteiger charge is 2.46. The van der Waals surface area contributed by atoms with Crippen molar-refractivity contribution in [1.82, 2.24) is 0 Å². The summed E-state index contributed by atoms with van der Waals surface area (Å²) in [5.41, 5.74) is 0.520. The Morgan fingerprint density at radius 2 is 1.22 bits per heavy atom. The first-order valence-corrected chi connectivity index (χ1v) is 7.83. The van der Waals surface area contributed by atoms with Gasteiger partial charge in [-0.2, -0.15) is 0 Å². The van der Waals surface area contributed by atoms with Crippen molar-refractivity contribution in [2.45, 2.75) is 80.3 Å². The Bertz CT molecular complexity index is 241. The fraction of sp³-hybridized carbons (Fsp3) is 1.00. The van der Waals surface area contributed by atoms with Crippen LogP contribution in [-0.2, 0) is 0 Å². The van der Waals surface area contributed by atoms with E-state index < -0.39 is 0 Å². The minimum absolute atomic E-state index is 0.119. The van der Waals surface area contributed by atoms with E-state index in [0.29, 0.717) is 11.8 Å². The summed E-state index contributed by atoms with van der Waals surface area (Å²) in [6.07, 6.45) is 4.57. The number of hydrogen-bond donors (Lipinski definition) is 1. The van der Waals surface area contributed by atoms with Crippen molar-refractivity contribution in [2.75, 3.05) is 0 Å². The quantitative estimate of drug-likeness (QED) is 0.758. The maximum atomic E-state index is 10.9. The lowest BCUT2D eigenvalue weighted by atomic mass is 9.57. The molecule has 1 N–H and O–H groups in total. The predicted molar refractivity (Wildman–Crippen MR) is 79.5 cm³/mol. The molecule has 0 aromatic rings. The van der Waals surface area contributed by atoms with Crippen LogP contribution in [0.3, 0.4) is 0 Å². The van der Waals surface area contributed by atoms with Gasteiger partial charge in [0.2, 0.25) is 0 Å². The molecule has 0 saturated heterocycles. The molecule has 0 amide bonds. The molecule has 1 aliphatic carbocycles. The van der Waals surface area contributed by atoms with Gasteiger partial charge in [0, 0.05) is 0 Å². The highest BCUT2D eigenvalue weighted by Crippen LogP contribution is 2.50. The fourth-order valence-corrected chi connectivity index (χ4v) is 3.61. The molecule has 0 aromatic carbocycles. The van der Waals surface area contributed by atoms with Gasteiger partial charge >= 0.3 is 0 Å². The van der Waals surface area contributed by atoms with Crippen LogP contribution >= 0.6 is 0 Å². The van der Waals surface area contributed by atoms with Crippen LogP contribution in [0.2, 0.25) is 0 Å². The van der Waals surface area contributed by atoms with Crippen LogP contribution in [0.25, 0.3) is 0 Å². The molecule has 2 atom stereocenters. The molecule has 2 unspecified atom stereocenters. The molecular weight excluding hydrogens is 220 g/mol. The van der Waals surface area contributed by atoms with Gasteiger partial charge in [-0.05, 0) is 41.4 Å². The lowest BCUT2D eigenvalue weighted by Crippen LogP contribution is -2.48. The zero-order valence-corrected chi connectivity index (χ0v) is 13.6. The Balaban J connectivity index is 2.97. The van der Waals surface area contributed by atoms with Crippen LogP contribution in [0, 0.1) is 28.6 Å². The van der Waals surface area contributed by atoms with Crippen molar-refractivity contribution in [2.24, 2.45) is 28.6 Å². The van der Waals surface area contributed by atoms with Gasteiger partial charge in [0.1, 0.15) is 0 Å². The Morgan fingerprint density at radius 3 is 1.50 bits per heavy atom. The third-order valence-electron chi connectivity index (χ3n) is 5.97. The molecule has 18 heavy (non-hydrogen) atoms. The molecule has 0 aliphatic heterocycles. The first kappa shape index (κ1) is 16.0. The van der Waals surface area contributed by atoms with Gasteiger partial charge in [0.15, 0.2) is 0 Å². The summed E-state index contributed by atoms with van der Waals surface area (Å²) in [6, 6.07) is 0. The maximum absolute atomic E-state index is 10.9. The van der Waals surface area contributed by atoms with Crippen molar-refractivity contribution >= 4 is 0 Å². The molecule has 1 nitrogen and oxygen atoms in total. The molecule has 108 valence electrons. The van der Waals surface area contributed by atoms with E-state index in [1.807, 2.05) is 0 Å². The number of aliphatic hydroxyl groups excluding tert-OH is 1. The highest BCUT2D eigenvalue weighted by molar-refractivity contribution is 4.96. The van der Waals surface area contributed by atoms with Gasteiger partial charge in [-0.3, -0.25) is 0 Å². The topological polar surface area (TPSA) is 20.2 Å².